The Morgan fingerprint density at radius 2 is 2.10 bits per heavy atom. The van der Waals surface area contributed by atoms with Crippen molar-refractivity contribution in [3.63, 3.8) is 0 Å². The second kappa shape index (κ2) is 8.23. The van der Waals surface area contributed by atoms with Crippen LogP contribution in [0.1, 0.15) is 16.2 Å². The molecule has 3 heterocycles. The third kappa shape index (κ3) is 4.84. The number of rotatable bonds is 6. The molecule has 0 radical (unpaired) electrons. The van der Waals surface area contributed by atoms with Crippen molar-refractivity contribution in [2.45, 2.75) is 31.7 Å². The van der Waals surface area contributed by atoms with Crippen molar-refractivity contribution in [3.05, 3.63) is 45.0 Å². The molecule has 3 aromatic rings. The maximum absolute atomic E-state index is 12.9. The van der Waals surface area contributed by atoms with Crippen LogP contribution in [0.15, 0.2) is 32.8 Å². The smallest absolute Gasteiger partial charge is 0.406 e. The van der Waals surface area contributed by atoms with E-state index in [1.807, 2.05) is 13.8 Å². The Morgan fingerprint density at radius 3 is 2.72 bits per heavy atom. The average Bonchev–Trinajstić information content (AvgIpc) is 3.23. The fraction of sp³-hybridized carbons (Fsp3) is 0.389. The normalized spacial score (nSPS) is 11.9. The number of thiophene rings is 1. The van der Waals surface area contributed by atoms with Crippen LogP contribution < -0.4 is 5.56 Å². The zero-order chi connectivity index (χ0) is 21.3. The highest BCUT2D eigenvalue weighted by atomic mass is 32.2. The molecule has 156 valence electrons. The van der Waals surface area contributed by atoms with E-state index in [0.717, 1.165) is 22.2 Å². The number of carbonyl (C=O) groups excluding carboxylic acids is 1. The van der Waals surface area contributed by atoms with Crippen LogP contribution in [0.3, 0.4) is 0 Å². The van der Waals surface area contributed by atoms with Crippen LogP contribution in [-0.2, 0) is 18.4 Å². The number of hydrogen-bond acceptors (Lipinski definition) is 6. The molecule has 11 heteroatoms. The molecule has 0 aromatic carbocycles. The van der Waals surface area contributed by atoms with Gasteiger partial charge >= 0.3 is 6.18 Å². The lowest BCUT2D eigenvalue weighted by Crippen LogP contribution is -2.39. The first-order valence-electron chi connectivity index (χ1n) is 8.53. The molecule has 0 N–H and O–H groups in total. The van der Waals surface area contributed by atoms with E-state index in [9.17, 15) is 22.8 Å². The van der Waals surface area contributed by atoms with E-state index in [1.165, 1.54) is 35.3 Å². The van der Waals surface area contributed by atoms with Crippen molar-refractivity contribution >= 4 is 39.2 Å². The molecule has 0 spiro atoms. The van der Waals surface area contributed by atoms with Crippen LogP contribution in [0, 0.1) is 13.8 Å². The largest absolute Gasteiger partial charge is 0.467 e. The zero-order valence-electron chi connectivity index (χ0n) is 15.9. The number of nitrogens with zero attached hydrogens (tertiary/aromatic N) is 3. The van der Waals surface area contributed by atoms with Crippen LogP contribution in [0.2, 0.25) is 0 Å². The molecule has 0 unspecified atom stereocenters. The molecular weight excluding hydrogens is 427 g/mol. The third-order valence-corrected chi connectivity index (χ3v) is 6.46. The Balaban J connectivity index is 1.80. The summed E-state index contributed by atoms with van der Waals surface area (Å²) in [6.45, 7) is 2.06. The predicted octanol–water partition coefficient (Wildman–Crippen LogP) is 3.89. The Morgan fingerprint density at radius 1 is 1.38 bits per heavy atom. The van der Waals surface area contributed by atoms with Crippen LogP contribution >= 0.6 is 23.1 Å². The number of furan rings is 1. The van der Waals surface area contributed by atoms with Gasteiger partial charge in [0.1, 0.15) is 17.1 Å². The van der Waals surface area contributed by atoms with Crippen molar-refractivity contribution in [1.29, 1.82) is 0 Å². The van der Waals surface area contributed by atoms with Gasteiger partial charge in [0.25, 0.3) is 5.56 Å². The minimum absolute atomic E-state index is 0.241. The van der Waals surface area contributed by atoms with Crippen LogP contribution in [0.4, 0.5) is 13.2 Å². The third-order valence-electron chi connectivity index (χ3n) is 4.34. The van der Waals surface area contributed by atoms with Gasteiger partial charge in [0, 0.05) is 11.9 Å². The van der Waals surface area contributed by atoms with Gasteiger partial charge in [-0.25, -0.2) is 4.98 Å². The molecule has 0 aliphatic carbocycles. The number of aryl methyl sites for hydroxylation is 2. The van der Waals surface area contributed by atoms with E-state index < -0.39 is 18.6 Å². The number of carbonyl (C=O) groups is 1. The molecule has 0 aliphatic rings. The van der Waals surface area contributed by atoms with E-state index >= 15 is 0 Å². The number of aromatic nitrogens is 2. The van der Waals surface area contributed by atoms with Crippen LogP contribution in [0.25, 0.3) is 10.2 Å². The average molecular weight is 445 g/mol. The maximum Gasteiger partial charge on any atom is 0.406 e. The summed E-state index contributed by atoms with van der Waals surface area (Å²) in [5.41, 5.74) is 0.620. The van der Waals surface area contributed by atoms with E-state index in [-0.39, 0.29) is 28.8 Å². The Labute approximate surface area is 172 Å². The van der Waals surface area contributed by atoms with Crippen LogP contribution in [-0.4, -0.2) is 38.8 Å². The van der Waals surface area contributed by atoms with Crippen molar-refractivity contribution in [2.75, 3.05) is 12.3 Å². The second-order valence-corrected chi connectivity index (χ2v) is 8.60. The van der Waals surface area contributed by atoms with Gasteiger partial charge in [-0.1, -0.05) is 11.8 Å². The van der Waals surface area contributed by atoms with Crippen molar-refractivity contribution in [3.8, 4) is 0 Å². The molecule has 29 heavy (non-hydrogen) atoms. The van der Waals surface area contributed by atoms with Crippen molar-refractivity contribution < 1.29 is 22.4 Å². The summed E-state index contributed by atoms with van der Waals surface area (Å²) in [5, 5.41) is 0.809. The minimum atomic E-state index is -4.54. The highest BCUT2D eigenvalue weighted by Crippen LogP contribution is 2.28. The van der Waals surface area contributed by atoms with E-state index in [0.29, 0.717) is 15.1 Å². The molecular formula is C18H18F3N3O3S2. The summed E-state index contributed by atoms with van der Waals surface area (Å²) in [5.74, 6) is -0.757. The van der Waals surface area contributed by atoms with E-state index in [4.69, 9.17) is 4.42 Å². The molecule has 0 saturated heterocycles. The van der Waals surface area contributed by atoms with Crippen LogP contribution in [0.5, 0.6) is 0 Å². The number of halogens is 3. The second-order valence-electron chi connectivity index (χ2n) is 6.45. The first-order valence-corrected chi connectivity index (χ1v) is 10.3. The zero-order valence-corrected chi connectivity index (χ0v) is 17.5. The van der Waals surface area contributed by atoms with Gasteiger partial charge in [0.15, 0.2) is 5.16 Å². The number of hydrogen-bond donors (Lipinski definition) is 0. The molecule has 0 saturated carbocycles. The minimum Gasteiger partial charge on any atom is -0.467 e. The summed E-state index contributed by atoms with van der Waals surface area (Å²) in [6, 6.07) is 3.05. The standard InChI is InChI=1S/C18H18F3N3O3S2/c1-10-11(2)29-15-14(10)16(26)23(3)17(22-15)28-8-13(25)24(9-18(19,20)21)7-12-5-4-6-27-12/h4-6H,7-9H2,1-3H3. The quantitative estimate of drug-likeness (QED) is 0.425. The molecule has 1 amide bonds. The van der Waals surface area contributed by atoms with E-state index in [1.54, 1.807) is 6.07 Å². The summed E-state index contributed by atoms with van der Waals surface area (Å²) < 4.78 is 45.1. The molecule has 3 rings (SSSR count). The maximum atomic E-state index is 12.9. The highest BCUT2D eigenvalue weighted by molar-refractivity contribution is 7.99. The highest BCUT2D eigenvalue weighted by Gasteiger charge is 2.33. The lowest BCUT2D eigenvalue weighted by Gasteiger charge is -2.23. The number of thioether (sulfide) groups is 1. The van der Waals surface area contributed by atoms with Crippen molar-refractivity contribution in [1.82, 2.24) is 14.5 Å². The lowest BCUT2D eigenvalue weighted by molar-refractivity contribution is -0.161. The van der Waals surface area contributed by atoms with Gasteiger partial charge in [-0.2, -0.15) is 13.2 Å². The van der Waals surface area contributed by atoms with Gasteiger partial charge in [-0.15, -0.1) is 11.3 Å². The lowest BCUT2D eigenvalue weighted by atomic mass is 10.2. The van der Waals surface area contributed by atoms with Gasteiger partial charge in [-0.3, -0.25) is 14.2 Å². The molecule has 0 fully saturated rings. The Hall–Kier alpha value is -2.27. The summed E-state index contributed by atoms with van der Waals surface area (Å²) in [6.07, 6.45) is -3.21. The summed E-state index contributed by atoms with van der Waals surface area (Å²) in [4.78, 5) is 31.8. The van der Waals surface area contributed by atoms with Gasteiger partial charge < -0.3 is 9.32 Å². The number of fused-ring (bicyclic) bond motifs is 1. The molecule has 0 atom stereocenters. The number of alkyl halides is 3. The van der Waals surface area contributed by atoms with Gasteiger partial charge in [0.05, 0.1) is 23.9 Å². The first kappa shape index (κ1) is 21.4. The van der Waals surface area contributed by atoms with Crippen molar-refractivity contribution in [2.24, 2.45) is 7.05 Å². The predicted molar refractivity (Wildman–Crippen MR) is 105 cm³/mol. The van der Waals surface area contributed by atoms with Gasteiger partial charge in [0.2, 0.25) is 5.91 Å². The Bertz CT molecular complexity index is 1090. The molecule has 0 bridgehead atoms. The Kier molecular flexibility index (Phi) is 6.08. The topological polar surface area (TPSA) is 68.3 Å². The fourth-order valence-electron chi connectivity index (χ4n) is 2.74. The first-order chi connectivity index (χ1) is 13.6. The van der Waals surface area contributed by atoms with E-state index in [2.05, 4.69) is 4.98 Å². The molecule has 3 aromatic heterocycles. The molecule has 0 aliphatic heterocycles. The monoisotopic (exact) mass is 445 g/mol. The summed E-state index contributed by atoms with van der Waals surface area (Å²) in [7, 11) is 1.53. The molecule has 6 nitrogen and oxygen atoms in total. The summed E-state index contributed by atoms with van der Waals surface area (Å²) >= 11 is 2.31. The fourth-order valence-corrected chi connectivity index (χ4v) is 4.69. The SMILES string of the molecule is Cc1sc2nc(SCC(=O)N(Cc3ccco3)CC(F)(F)F)n(C)c(=O)c2c1C. The van der Waals surface area contributed by atoms with Gasteiger partial charge in [-0.05, 0) is 31.5 Å². The number of amides is 1.